The summed E-state index contributed by atoms with van der Waals surface area (Å²) in [7, 11) is 0. The maximum Gasteiger partial charge on any atom is 0.416 e. The lowest BCUT2D eigenvalue weighted by atomic mass is 10.0. The first-order valence-corrected chi connectivity index (χ1v) is 8.60. The van der Waals surface area contributed by atoms with Crippen molar-refractivity contribution in [1.29, 1.82) is 0 Å². The molecule has 26 heavy (non-hydrogen) atoms. The van der Waals surface area contributed by atoms with Crippen LogP contribution in [0.4, 0.5) is 19.0 Å². The topological polar surface area (TPSA) is 29.9 Å². The fourth-order valence-electron chi connectivity index (χ4n) is 3.28. The van der Waals surface area contributed by atoms with E-state index in [4.69, 9.17) is 5.10 Å². The van der Waals surface area contributed by atoms with Crippen molar-refractivity contribution >= 4 is 5.82 Å². The van der Waals surface area contributed by atoms with Gasteiger partial charge in [0, 0.05) is 17.7 Å². The van der Waals surface area contributed by atoms with Crippen LogP contribution in [0.25, 0.3) is 16.9 Å². The SMILES string of the molecule is CCc1ccc(-n2nc(-c3ccc(C(F)(F)F)cc3)c3c2NCC3)cc1. The average Bonchev–Trinajstić information content (AvgIpc) is 3.24. The van der Waals surface area contributed by atoms with Gasteiger partial charge >= 0.3 is 6.18 Å². The molecule has 0 saturated carbocycles. The molecule has 4 rings (SSSR count). The molecule has 1 N–H and O–H groups in total. The molecule has 2 heterocycles. The molecule has 1 aliphatic heterocycles. The summed E-state index contributed by atoms with van der Waals surface area (Å²) in [6, 6.07) is 13.4. The highest BCUT2D eigenvalue weighted by Crippen LogP contribution is 2.36. The van der Waals surface area contributed by atoms with E-state index < -0.39 is 11.7 Å². The highest BCUT2D eigenvalue weighted by molar-refractivity contribution is 5.73. The van der Waals surface area contributed by atoms with Gasteiger partial charge in [0.1, 0.15) is 5.82 Å². The Hall–Kier alpha value is -2.76. The Morgan fingerprint density at radius 1 is 1.04 bits per heavy atom. The number of nitrogens with one attached hydrogen (secondary N) is 1. The van der Waals surface area contributed by atoms with Gasteiger partial charge in [-0.1, -0.05) is 31.2 Å². The summed E-state index contributed by atoms with van der Waals surface area (Å²) >= 11 is 0. The second kappa shape index (κ2) is 6.20. The van der Waals surface area contributed by atoms with Gasteiger partial charge < -0.3 is 5.32 Å². The molecular formula is C20H18F3N3. The third-order valence-electron chi connectivity index (χ3n) is 4.73. The van der Waals surface area contributed by atoms with Gasteiger partial charge in [-0.15, -0.1) is 0 Å². The summed E-state index contributed by atoms with van der Waals surface area (Å²) < 4.78 is 40.2. The second-order valence-corrected chi connectivity index (χ2v) is 6.36. The number of anilines is 1. The first-order chi connectivity index (χ1) is 12.5. The Labute approximate surface area is 149 Å². The lowest BCUT2D eigenvalue weighted by Crippen LogP contribution is -2.05. The van der Waals surface area contributed by atoms with Crippen LogP contribution in [0.5, 0.6) is 0 Å². The van der Waals surface area contributed by atoms with E-state index >= 15 is 0 Å². The minimum Gasteiger partial charge on any atom is -0.369 e. The van der Waals surface area contributed by atoms with Crippen molar-refractivity contribution in [1.82, 2.24) is 9.78 Å². The predicted molar refractivity (Wildman–Crippen MR) is 95.6 cm³/mol. The minimum atomic E-state index is -4.33. The van der Waals surface area contributed by atoms with E-state index in [9.17, 15) is 13.2 Å². The van der Waals surface area contributed by atoms with Gasteiger partial charge in [-0.2, -0.15) is 18.3 Å². The lowest BCUT2D eigenvalue weighted by molar-refractivity contribution is -0.137. The Kier molecular flexibility index (Phi) is 3.98. The van der Waals surface area contributed by atoms with Gasteiger partial charge in [0.2, 0.25) is 0 Å². The lowest BCUT2D eigenvalue weighted by Gasteiger charge is -2.08. The number of alkyl halides is 3. The minimum absolute atomic E-state index is 0.648. The second-order valence-electron chi connectivity index (χ2n) is 6.36. The molecule has 134 valence electrons. The number of nitrogens with zero attached hydrogens (tertiary/aromatic N) is 2. The van der Waals surface area contributed by atoms with E-state index in [1.807, 2.05) is 16.8 Å². The molecular weight excluding hydrogens is 339 g/mol. The van der Waals surface area contributed by atoms with Gasteiger partial charge in [-0.3, -0.25) is 0 Å². The van der Waals surface area contributed by atoms with Crippen molar-refractivity contribution in [2.24, 2.45) is 0 Å². The number of benzene rings is 2. The molecule has 2 aromatic carbocycles. The Balaban J connectivity index is 1.76. The van der Waals surface area contributed by atoms with Gasteiger partial charge in [0.05, 0.1) is 16.9 Å². The van der Waals surface area contributed by atoms with Crippen LogP contribution < -0.4 is 5.32 Å². The molecule has 0 amide bonds. The Morgan fingerprint density at radius 2 is 1.73 bits per heavy atom. The third-order valence-corrected chi connectivity index (χ3v) is 4.73. The van der Waals surface area contributed by atoms with Crippen LogP contribution in [-0.2, 0) is 19.0 Å². The Morgan fingerprint density at radius 3 is 2.35 bits per heavy atom. The molecule has 0 fully saturated rings. The number of fused-ring (bicyclic) bond motifs is 1. The number of halogens is 3. The highest BCUT2D eigenvalue weighted by atomic mass is 19.4. The molecule has 3 nitrogen and oxygen atoms in total. The van der Waals surface area contributed by atoms with Gasteiger partial charge in [0.25, 0.3) is 0 Å². The highest BCUT2D eigenvalue weighted by Gasteiger charge is 2.30. The van der Waals surface area contributed by atoms with Gasteiger partial charge in [0.15, 0.2) is 0 Å². The van der Waals surface area contributed by atoms with Crippen molar-refractivity contribution < 1.29 is 13.2 Å². The number of hydrogen-bond acceptors (Lipinski definition) is 2. The summed E-state index contributed by atoms with van der Waals surface area (Å²) in [5.41, 5.74) is 4.01. The van der Waals surface area contributed by atoms with Crippen LogP contribution in [0, 0.1) is 0 Å². The molecule has 0 spiro atoms. The van der Waals surface area contributed by atoms with E-state index in [2.05, 4.69) is 24.4 Å². The molecule has 0 atom stereocenters. The molecule has 0 aliphatic carbocycles. The first kappa shape index (κ1) is 16.7. The fraction of sp³-hybridized carbons (Fsp3) is 0.250. The quantitative estimate of drug-likeness (QED) is 0.708. The maximum absolute atomic E-state index is 12.8. The summed E-state index contributed by atoms with van der Waals surface area (Å²) in [5.74, 6) is 0.921. The van der Waals surface area contributed by atoms with Crippen LogP contribution in [0.1, 0.15) is 23.6 Å². The molecule has 3 aromatic rings. The third kappa shape index (κ3) is 2.85. The number of rotatable bonds is 3. The zero-order valence-corrected chi connectivity index (χ0v) is 14.3. The molecule has 0 radical (unpaired) electrons. The largest absolute Gasteiger partial charge is 0.416 e. The van der Waals surface area contributed by atoms with E-state index in [-0.39, 0.29) is 0 Å². The average molecular weight is 357 g/mol. The van der Waals surface area contributed by atoms with E-state index in [0.29, 0.717) is 5.56 Å². The van der Waals surface area contributed by atoms with Crippen molar-refractivity contribution in [3.05, 3.63) is 65.2 Å². The van der Waals surface area contributed by atoms with E-state index in [1.54, 1.807) is 0 Å². The summed E-state index contributed by atoms with van der Waals surface area (Å²) in [4.78, 5) is 0. The van der Waals surface area contributed by atoms with Crippen LogP contribution >= 0.6 is 0 Å². The van der Waals surface area contributed by atoms with E-state index in [0.717, 1.165) is 54.3 Å². The monoisotopic (exact) mass is 357 g/mol. The van der Waals surface area contributed by atoms with Crippen molar-refractivity contribution in [3.8, 4) is 16.9 Å². The zero-order valence-electron chi connectivity index (χ0n) is 14.3. The van der Waals surface area contributed by atoms with Crippen molar-refractivity contribution in [2.45, 2.75) is 25.9 Å². The normalized spacial score (nSPS) is 13.5. The van der Waals surface area contributed by atoms with Crippen LogP contribution in [0.15, 0.2) is 48.5 Å². The summed E-state index contributed by atoms with van der Waals surface area (Å²) in [5, 5.41) is 8.03. The van der Waals surface area contributed by atoms with Crippen LogP contribution in [0.3, 0.4) is 0 Å². The zero-order chi connectivity index (χ0) is 18.3. The predicted octanol–water partition coefficient (Wildman–Crippen LogP) is 5.09. The van der Waals surface area contributed by atoms with Crippen LogP contribution in [0.2, 0.25) is 0 Å². The van der Waals surface area contributed by atoms with Crippen molar-refractivity contribution in [3.63, 3.8) is 0 Å². The number of aromatic nitrogens is 2. The molecule has 0 unspecified atom stereocenters. The maximum atomic E-state index is 12.8. The van der Waals surface area contributed by atoms with Crippen molar-refractivity contribution in [2.75, 3.05) is 11.9 Å². The Bertz CT molecular complexity index is 923. The molecule has 0 bridgehead atoms. The van der Waals surface area contributed by atoms with Gasteiger partial charge in [-0.05, 0) is 42.7 Å². The fourth-order valence-corrected chi connectivity index (χ4v) is 3.28. The van der Waals surface area contributed by atoms with Crippen LogP contribution in [-0.4, -0.2) is 16.3 Å². The summed E-state index contributed by atoms with van der Waals surface area (Å²) in [6.07, 6.45) is -2.56. The first-order valence-electron chi connectivity index (χ1n) is 8.60. The molecule has 6 heteroatoms. The molecule has 0 saturated heterocycles. The number of aryl methyl sites for hydroxylation is 1. The molecule has 1 aliphatic rings. The summed E-state index contributed by atoms with van der Waals surface area (Å²) in [6.45, 7) is 2.90. The molecule has 1 aromatic heterocycles. The number of hydrogen-bond donors (Lipinski definition) is 1. The van der Waals surface area contributed by atoms with E-state index in [1.165, 1.54) is 17.7 Å². The van der Waals surface area contributed by atoms with Gasteiger partial charge in [-0.25, -0.2) is 4.68 Å². The smallest absolute Gasteiger partial charge is 0.369 e. The standard InChI is InChI=1S/C20H18F3N3/c1-2-13-3-9-16(10-4-13)26-19-17(11-12-24-19)18(25-26)14-5-7-15(8-6-14)20(21,22)23/h3-10,24H,2,11-12H2,1H3.